The summed E-state index contributed by atoms with van der Waals surface area (Å²) in [6.07, 6.45) is 5.91. The summed E-state index contributed by atoms with van der Waals surface area (Å²) >= 11 is 0. The molecule has 33 heavy (non-hydrogen) atoms. The number of carbonyl (C=O) groups excluding carboxylic acids is 3. The quantitative estimate of drug-likeness (QED) is 0.498. The molecule has 9 heteroatoms. The van der Waals surface area contributed by atoms with Gasteiger partial charge in [-0.25, -0.2) is 0 Å². The Morgan fingerprint density at radius 3 is 2.36 bits per heavy atom. The summed E-state index contributed by atoms with van der Waals surface area (Å²) in [5.74, 6) is -1.07. The number of nitrogens with one attached hydrogen (secondary N) is 1. The molecule has 0 aliphatic carbocycles. The molecule has 2 aliphatic rings. The molecule has 9 nitrogen and oxygen atoms in total. The summed E-state index contributed by atoms with van der Waals surface area (Å²) in [5.41, 5.74) is 4.64. The molecule has 2 heterocycles. The molecule has 0 aromatic heterocycles. The average molecular weight is 468 g/mol. The molecule has 2 aliphatic heterocycles. The van der Waals surface area contributed by atoms with Crippen LogP contribution >= 0.6 is 0 Å². The number of rotatable bonds is 9. The van der Waals surface area contributed by atoms with Gasteiger partial charge >= 0.3 is 0 Å². The number of likely N-dealkylation sites (N-methyl/N-ethyl adjacent to an activating group) is 1. The van der Waals surface area contributed by atoms with Gasteiger partial charge in [-0.15, -0.1) is 0 Å². The topological polar surface area (TPSA) is 120 Å². The maximum Gasteiger partial charge on any atom is 0.252 e. The second-order valence-corrected chi connectivity index (χ2v) is 10.2. The van der Waals surface area contributed by atoms with Crippen LogP contribution in [0.5, 0.6) is 0 Å². The Kier molecular flexibility index (Phi) is 9.87. The van der Waals surface area contributed by atoms with Gasteiger partial charge in [-0.2, -0.15) is 0 Å². The lowest BCUT2D eigenvalue weighted by Gasteiger charge is -2.35. The van der Waals surface area contributed by atoms with Crippen molar-refractivity contribution >= 4 is 17.7 Å². The molecule has 1 atom stereocenters. The second-order valence-electron chi connectivity index (χ2n) is 10.2. The van der Waals surface area contributed by atoms with E-state index in [0.29, 0.717) is 31.9 Å². The molecule has 2 fully saturated rings. The van der Waals surface area contributed by atoms with Crippen molar-refractivity contribution in [3.63, 3.8) is 0 Å². The largest absolute Gasteiger partial charge is 0.401 e. The highest BCUT2D eigenvalue weighted by Crippen LogP contribution is 2.25. The first-order valence-corrected chi connectivity index (χ1v) is 11.8. The van der Waals surface area contributed by atoms with Crippen LogP contribution in [0.25, 0.3) is 0 Å². The van der Waals surface area contributed by atoms with Crippen LogP contribution in [0.4, 0.5) is 0 Å². The molecule has 0 spiro atoms. The van der Waals surface area contributed by atoms with Gasteiger partial charge in [0.2, 0.25) is 5.91 Å². The lowest BCUT2D eigenvalue weighted by Crippen LogP contribution is -2.56. The number of ether oxygens (including phenoxy) is 3. The summed E-state index contributed by atoms with van der Waals surface area (Å²) in [6, 6.07) is 0. The molecule has 3 N–H and O–H groups in total. The summed E-state index contributed by atoms with van der Waals surface area (Å²) in [6.45, 7) is 9.25. The zero-order chi connectivity index (χ0) is 24.6. The van der Waals surface area contributed by atoms with Gasteiger partial charge < -0.3 is 24.8 Å². The van der Waals surface area contributed by atoms with Gasteiger partial charge in [-0.3, -0.25) is 19.7 Å². The van der Waals surface area contributed by atoms with E-state index in [9.17, 15) is 14.4 Å². The van der Waals surface area contributed by atoms with Gasteiger partial charge in [0.1, 0.15) is 5.54 Å². The molecule has 0 aromatic carbocycles. The summed E-state index contributed by atoms with van der Waals surface area (Å²) in [7, 11) is 1.59. The molecule has 1 unspecified atom stereocenters. The lowest BCUT2D eigenvalue weighted by molar-refractivity contribution is -0.173. The number of nitrogens with two attached hydrogens (primary N) is 1. The van der Waals surface area contributed by atoms with Gasteiger partial charge in [-0.1, -0.05) is 13.8 Å². The van der Waals surface area contributed by atoms with Gasteiger partial charge in [0.05, 0.1) is 6.61 Å². The molecule has 2 rings (SSSR count). The normalized spacial score (nSPS) is 20.9. The average Bonchev–Trinajstić information content (AvgIpc) is 2.78. The van der Waals surface area contributed by atoms with Crippen molar-refractivity contribution < 1.29 is 28.6 Å². The third-order valence-corrected chi connectivity index (χ3v) is 6.65. The van der Waals surface area contributed by atoms with Crippen molar-refractivity contribution in [2.24, 2.45) is 17.1 Å². The number of imide groups is 1. The van der Waals surface area contributed by atoms with Crippen LogP contribution in [0.3, 0.4) is 0 Å². The Bertz CT molecular complexity index is 722. The fourth-order valence-electron chi connectivity index (χ4n) is 3.66. The Morgan fingerprint density at radius 1 is 1.09 bits per heavy atom. The van der Waals surface area contributed by atoms with E-state index in [1.165, 1.54) is 11.0 Å². The second kappa shape index (κ2) is 11.9. The highest BCUT2D eigenvalue weighted by atomic mass is 16.7. The van der Waals surface area contributed by atoms with Crippen molar-refractivity contribution in [1.29, 1.82) is 0 Å². The molecule has 0 radical (unpaired) electrons. The molecule has 0 saturated carbocycles. The van der Waals surface area contributed by atoms with Crippen molar-refractivity contribution in [3.05, 3.63) is 11.8 Å². The van der Waals surface area contributed by atoms with Crippen molar-refractivity contribution in [3.8, 4) is 0 Å². The number of amides is 3. The van der Waals surface area contributed by atoms with E-state index in [1.54, 1.807) is 20.9 Å². The minimum atomic E-state index is -1.20. The number of nitrogens with zero attached hydrogens (tertiary/aromatic N) is 1. The number of hydrogen-bond acceptors (Lipinski definition) is 7. The van der Waals surface area contributed by atoms with Crippen LogP contribution in [0.1, 0.15) is 66.2 Å². The Balaban J connectivity index is 1.89. The maximum absolute atomic E-state index is 12.8. The first-order valence-electron chi connectivity index (χ1n) is 11.8. The fourth-order valence-corrected chi connectivity index (χ4v) is 3.66. The summed E-state index contributed by atoms with van der Waals surface area (Å²) in [4.78, 5) is 39.4. The lowest BCUT2D eigenvalue weighted by atomic mass is 9.90. The molecule has 0 bridgehead atoms. The highest BCUT2D eigenvalue weighted by molar-refractivity contribution is 6.05. The van der Waals surface area contributed by atoms with E-state index in [1.807, 2.05) is 13.8 Å². The van der Waals surface area contributed by atoms with Crippen molar-refractivity contribution in [2.45, 2.75) is 78.0 Å². The van der Waals surface area contributed by atoms with Crippen LogP contribution in [0.15, 0.2) is 11.8 Å². The van der Waals surface area contributed by atoms with Gasteiger partial charge in [0.15, 0.2) is 6.29 Å². The molecular weight excluding hydrogens is 426 g/mol. The Morgan fingerprint density at radius 2 is 1.76 bits per heavy atom. The van der Waals surface area contributed by atoms with Gasteiger partial charge in [-0.05, 0) is 51.9 Å². The first kappa shape index (κ1) is 27.3. The maximum atomic E-state index is 12.8. The van der Waals surface area contributed by atoms with Gasteiger partial charge in [0, 0.05) is 50.5 Å². The number of carbonyl (C=O) groups is 3. The number of hydrogen-bond donors (Lipinski definition) is 2. The van der Waals surface area contributed by atoms with Crippen LogP contribution in [-0.2, 0) is 28.6 Å². The molecule has 2 saturated heterocycles. The smallest absolute Gasteiger partial charge is 0.252 e. The standard InChI is InChI=1S/C24H41N3O6/c1-23(2,16-33-21-8-6-7-11-32-21)18(25)15-19(28)26-22(30)24(3,4)27(5)20(29)14-17-9-12-31-13-10-17/h15,17,21H,6-14,16,25H2,1-5H3,(H,26,28,30). The van der Waals surface area contributed by atoms with Crippen LogP contribution < -0.4 is 11.1 Å². The monoisotopic (exact) mass is 467 g/mol. The van der Waals surface area contributed by atoms with Gasteiger partial charge in [0.25, 0.3) is 11.8 Å². The van der Waals surface area contributed by atoms with Crippen LogP contribution in [0.2, 0.25) is 0 Å². The van der Waals surface area contributed by atoms with Crippen LogP contribution in [0, 0.1) is 11.3 Å². The van der Waals surface area contributed by atoms with E-state index in [2.05, 4.69) is 5.32 Å². The zero-order valence-corrected chi connectivity index (χ0v) is 20.8. The minimum Gasteiger partial charge on any atom is -0.401 e. The minimum absolute atomic E-state index is 0.132. The third-order valence-electron chi connectivity index (χ3n) is 6.65. The molecule has 188 valence electrons. The molecule has 3 amide bonds. The third kappa shape index (κ3) is 8.08. The van der Waals surface area contributed by atoms with E-state index in [-0.39, 0.29) is 24.7 Å². The first-order chi connectivity index (χ1) is 15.4. The van der Waals surface area contributed by atoms with E-state index < -0.39 is 22.8 Å². The summed E-state index contributed by atoms with van der Waals surface area (Å²) in [5, 5.41) is 2.35. The van der Waals surface area contributed by atoms with Crippen molar-refractivity contribution in [2.75, 3.05) is 33.5 Å². The Hall–Kier alpha value is -1.97. The van der Waals surface area contributed by atoms with Crippen LogP contribution in [-0.4, -0.2) is 67.9 Å². The molecule has 0 aromatic rings. The fraction of sp³-hybridized carbons (Fsp3) is 0.792. The molecular formula is C24H41N3O6. The highest BCUT2D eigenvalue weighted by Gasteiger charge is 2.37. The predicted octanol–water partition coefficient (Wildman–Crippen LogP) is 2.09. The zero-order valence-electron chi connectivity index (χ0n) is 20.8. The van der Waals surface area contributed by atoms with E-state index in [0.717, 1.165) is 32.1 Å². The SMILES string of the molecule is CN(C(=O)CC1CCOCC1)C(C)(C)C(=O)NC(=O)C=C(N)C(C)(C)COC1CCCCO1. The summed E-state index contributed by atoms with van der Waals surface area (Å²) < 4.78 is 16.7. The predicted molar refractivity (Wildman–Crippen MR) is 124 cm³/mol. The van der Waals surface area contributed by atoms with E-state index in [4.69, 9.17) is 19.9 Å². The Labute approximate surface area is 197 Å². The van der Waals surface area contributed by atoms with E-state index >= 15 is 0 Å². The van der Waals surface area contributed by atoms with Crippen molar-refractivity contribution in [1.82, 2.24) is 10.2 Å².